The minimum absolute atomic E-state index is 0.0220. The zero-order valence-corrected chi connectivity index (χ0v) is 18.4. The number of rotatable bonds is 10. The van der Waals surface area contributed by atoms with E-state index in [4.69, 9.17) is 4.74 Å². The highest BCUT2D eigenvalue weighted by molar-refractivity contribution is 5.98. The number of carbonyl (C=O) groups excluding carboxylic acids is 1. The van der Waals surface area contributed by atoms with Crippen LogP contribution in [0.15, 0.2) is 103 Å². The lowest BCUT2D eigenvalue weighted by Crippen LogP contribution is -2.20. The lowest BCUT2D eigenvalue weighted by Gasteiger charge is -2.09. The van der Waals surface area contributed by atoms with Crippen molar-refractivity contribution >= 4 is 5.78 Å². The van der Waals surface area contributed by atoms with Crippen LogP contribution in [0.3, 0.4) is 0 Å². The van der Waals surface area contributed by atoms with Crippen molar-refractivity contribution in [3.63, 3.8) is 0 Å². The number of ketones is 1. The van der Waals surface area contributed by atoms with E-state index in [0.717, 1.165) is 29.0 Å². The van der Waals surface area contributed by atoms with Crippen LogP contribution in [-0.4, -0.2) is 24.0 Å². The second-order valence-corrected chi connectivity index (χ2v) is 7.84. The van der Waals surface area contributed by atoms with Gasteiger partial charge in [0.05, 0.1) is 0 Å². The Morgan fingerprint density at radius 3 is 2.21 bits per heavy atom. The van der Waals surface area contributed by atoms with E-state index in [0.29, 0.717) is 24.3 Å². The van der Waals surface area contributed by atoms with Gasteiger partial charge in [-0.25, -0.2) is 0 Å². The fourth-order valence-electron chi connectivity index (χ4n) is 3.61. The Morgan fingerprint density at radius 1 is 0.788 bits per heavy atom. The maximum atomic E-state index is 12.8. The van der Waals surface area contributed by atoms with Crippen LogP contribution in [0.1, 0.15) is 21.5 Å². The van der Waals surface area contributed by atoms with E-state index < -0.39 is 0 Å². The molecule has 0 aromatic heterocycles. The summed E-state index contributed by atoms with van der Waals surface area (Å²) in [6.45, 7) is 2.02. The number of hydrogen-bond acceptors (Lipinski definition) is 4. The van der Waals surface area contributed by atoms with Gasteiger partial charge in [-0.2, -0.15) is 0 Å². The van der Waals surface area contributed by atoms with Crippen LogP contribution >= 0.6 is 0 Å². The van der Waals surface area contributed by atoms with Gasteiger partial charge in [0.1, 0.15) is 18.1 Å². The molecule has 0 fully saturated rings. The summed E-state index contributed by atoms with van der Waals surface area (Å²) in [5.41, 5.74) is 4.40. The molecule has 4 aromatic rings. The lowest BCUT2D eigenvalue weighted by atomic mass is 9.97. The predicted octanol–water partition coefficient (Wildman–Crippen LogP) is 5.65. The quantitative estimate of drug-likeness (QED) is 0.249. The number of ether oxygens (including phenoxy) is 1. The Hall–Kier alpha value is -3.89. The molecule has 0 aliphatic rings. The van der Waals surface area contributed by atoms with E-state index >= 15 is 0 Å². The first-order valence-corrected chi connectivity index (χ1v) is 11.1. The molecule has 0 saturated carbocycles. The number of nitrogens with one attached hydrogen (secondary N) is 1. The maximum Gasteiger partial charge on any atom is 0.167 e. The Labute approximate surface area is 194 Å². The first kappa shape index (κ1) is 22.3. The first-order valence-electron chi connectivity index (χ1n) is 11.1. The van der Waals surface area contributed by atoms with E-state index in [9.17, 15) is 9.90 Å². The summed E-state index contributed by atoms with van der Waals surface area (Å²) in [4.78, 5) is 12.8. The van der Waals surface area contributed by atoms with E-state index in [1.807, 2.05) is 97.1 Å². The first-order chi connectivity index (χ1) is 16.2. The average Bonchev–Trinajstić information content (AvgIpc) is 2.86. The Morgan fingerprint density at radius 2 is 1.48 bits per heavy atom. The molecule has 0 aliphatic heterocycles. The molecule has 0 unspecified atom stereocenters. The predicted molar refractivity (Wildman–Crippen MR) is 132 cm³/mol. The molecule has 4 heteroatoms. The van der Waals surface area contributed by atoms with Crippen LogP contribution in [0, 0.1) is 0 Å². The third-order valence-electron chi connectivity index (χ3n) is 5.43. The molecule has 0 amide bonds. The largest absolute Gasteiger partial charge is 0.508 e. The van der Waals surface area contributed by atoms with Gasteiger partial charge < -0.3 is 15.2 Å². The molecule has 0 bridgehead atoms. The summed E-state index contributed by atoms with van der Waals surface area (Å²) in [6.07, 6.45) is 0.154. The van der Waals surface area contributed by atoms with E-state index in [1.54, 1.807) is 6.07 Å². The normalized spacial score (nSPS) is 10.7. The van der Waals surface area contributed by atoms with Crippen LogP contribution < -0.4 is 10.1 Å². The van der Waals surface area contributed by atoms with Crippen molar-refractivity contribution in [2.24, 2.45) is 0 Å². The maximum absolute atomic E-state index is 12.8. The number of hydrogen-bond donors (Lipinski definition) is 2. The van der Waals surface area contributed by atoms with Crippen molar-refractivity contribution < 1.29 is 14.6 Å². The van der Waals surface area contributed by atoms with Crippen molar-refractivity contribution in [2.45, 2.75) is 13.0 Å². The number of para-hydroxylation sites is 1. The molecule has 0 spiro atoms. The summed E-state index contributed by atoms with van der Waals surface area (Å²) in [6, 6.07) is 32.7. The van der Waals surface area contributed by atoms with E-state index in [-0.39, 0.29) is 18.0 Å². The van der Waals surface area contributed by atoms with Crippen LogP contribution in [0.4, 0.5) is 0 Å². The topological polar surface area (TPSA) is 58.6 Å². The Kier molecular flexibility index (Phi) is 7.52. The summed E-state index contributed by atoms with van der Waals surface area (Å²) in [5, 5.41) is 13.6. The zero-order valence-electron chi connectivity index (χ0n) is 18.4. The SMILES string of the molecule is O=C(Cc1cc(-c2ccccc2)ccc1O)c1ccc(CNCCOc2ccccc2)cc1. The number of benzene rings is 4. The highest BCUT2D eigenvalue weighted by atomic mass is 16.5. The molecular weight excluding hydrogens is 410 g/mol. The molecule has 2 N–H and O–H groups in total. The molecule has 0 saturated heterocycles. The van der Waals surface area contributed by atoms with Gasteiger partial charge in [-0.15, -0.1) is 0 Å². The number of phenols is 1. The Balaban J connectivity index is 1.29. The number of Topliss-reactive ketones (excluding diaryl/α,β-unsaturated/α-hetero) is 1. The van der Waals surface area contributed by atoms with Gasteiger partial charge in [0.25, 0.3) is 0 Å². The minimum Gasteiger partial charge on any atom is -0.508 e. The summed E-state index contributed by atoms with van der Waals surface area (Å²) >= 11 is 0. The van der Waals surface area contributed by atoms with E-state index in [2.05, 4.69) is 5.32 Å². The molecule has 0 radical (unpaired) electrons. The standard InChI is InChI=1S/C29H27NO3/c31-28-16-15-25(23-7-3-1-4-8-23)19-26(28)20-29(32)24-13-11-22(12-14-24)21-30-17-18-33-27-9-5-2-6-10-27/h1-16,19,30-31H,17-18,20-21H2. The summed E-state index contributed by atoms with van der Waals surface area (Å²) < 4.78 is 5.67. The van der Waals surface area contributed by atoms with Gasteiger partial charge in [-0.05, 0) is 41.0 Å². The van der Waals surface area contributed by atoms with Gasteiger partial charge in [0.2, 0.25) is 0 Å². The smallest absolute Gasteiger partial charge is 0.167 e. The number of aromatic hydroxyl groups is 1. The second-order valence-electron chi connectivity index (χ2n) is 7.84. The van der Waals surface area contributed by atoms with Gasteiger partial charge in [-0.1, -0.05) is 78.9 Å². The highest BCUT2D eigenvalue weighted by Gasteiger charge is 2.12. The Bertz CT molecular complexity index is 1170. The van der Waals surface area contributed by atoms with Crippen LogP contribution in [0.5, 0.6) is 11.5 Å². The molecule has 4 rings (SSSR count). The van der Waals surface area contributed by atoms with Crippen LogP contribution in [-0.2, 0) is 13.0 Å². The fourth-order valence-corrected chi connectivity index (χ4v) is 3.61. The molecule has 0 atom stereocenters. The minimum atomic E-state index is -0.0220. The zero-order chi connectivity index (χ0) is 22.9. The number of phenolic OH excluding ortho intramolecular Hbond substituents is 1. The van der Waals surface area contributed by atoms with Crippen molar-refractivity contribution in [3.8, 4) is 22.6 Å². The van der Waals surface area contributed by atoms with Gasteiger partial charge in [-0.3, -0.25) is 4.79 Å². The summed E-state index contributed by atoms with van der Waals surface area (Å²) in [5.74, 6) is 0.982. The lowest BCUT2D eigenvalue weighted by molar-refractivity contribution is 0.0992. The van der Waals surface area contributed by atoms with Gasteiger partial charge >= 0.3 is 0 Å². The molecule has 0 aliphatic carbocycles. The second kappa shape index (κ2) is 11.1. The van der Waals surface area contributed by atoms with Gasteiger partial charge in [0.15, 0.2) is 5.78 Å². The van der Waals surface area contributed by atoms with Gasteiger partial charge in [0, 0.05) is 30.6 Å². The molecule has 0 heterocycles. The molecule has 33 heavy (non-hydrogen) atoms. The fraction of sp³-hybridized carbons (Fsp3) is 0.138. The van der Waals surface area contributed by atoms with Crippen molar-refractivity contribution in [3.05, 3.63) is 120 Å². The third kappa shape index (κ3) is 6.31. The van der Waals surface area contributed by atoms with E-state index in [1.165, 1.54) is 0 Å². The molecule has 4 nitrogen and oxygen atoms in total. The van der Waals surface area contributed by atoms with Crippen LogP contribution in [0.25, 0.3) is 11.1 Å². The summed E-state index contributed by atoms with van der Waals surface area (Å²) in [7, 11) is 0. The third-order valence-corrected chi connectivity index (χ3v) is 5.43. The monoisotopic (exact) mass is 437 g/mol. The van der Waals surface area contributed by atoms with Crippen LogP contribution in [0.2, 0.25) is 0 Å². The highest BCUT2D eigenvalue weighted by Crippen LogP contribution is 2.27. The molecule has 4 aromatic carbocycles. The molecular formula is C29H27NO3. The van der Waals surface area contributed by atoms with Crippen molar-refractivity contribution in [2.75, 3.05) is 13.2 Å². The number of carbonyl (C=O) groups is 1. The van der Waals surface area contributed by atoms with Crippen molar-refractivity contribution in [1.82, 2.24) is 5.32 Å². The van der Waals surface area contributed by atoms with Crippen molar-refractivity contribution in [1.29, 1.82) is 0 Å². The molecule has 166 valence electrons. The average molecular weight is 438 g/mol.